The number of benzene rings is 10. The molecule has 4 aromatic heterocycles. The van der Waals surface area contributed by atoms with Crippen molar-refractivity contribution in [3.05, 3.63) is 263 Å². The molecule has 2 atom stereocenters. The summed E-state index contributed by atoms with van der Waals surface area (Å²) in [7, 11) is 0. The van der Waals surface area contributed by atoms with Gasteiger partial charge in [0.1, 0.15) is 22.1 Å². The number of fused-ring (bicyclic) bond motifs is 4. The highest BCUT2D eigenvalue weighted by Gasteiger charge is 2.33. The van der Waals surface area contributed by atoms with Gasteiger partial charge in [-0.1, -0.05) is 180 Å². The molecule has 2 aliphatic heterocycles. The Hall–Kier alpha value is -11.0. The minimum Gasteiger partial charge on any atom is -0.436 e. The van der Waals surface area contributed by atoms with Crippen LogP contribution in [0, 0.1) is 0 Å². The van der Waals surface area contributed by atoms with Crippen molar-refractivity contribution in [1.29, 1.82) is 0 Å². The Morgan fingerprint density at radius 2 is 0.510 bits per heavy atom. The number of rotatable bonds is 11. The van der Waals surface area contributed by atoms with Crippen LogP contribution in [0.1, 0.15) is 153 Å². The van der Waals surface area contributed by atoms with E-state index in [1.54, 1.807) is 0 Å². The zero-order valence-electron chi connectivity index (χ0n) is 57.6. The third-order valence-corrected chi connectivity index (χ3v) is 19.4. The summed E-state index contributed by atoms with van der Waals surface area (Å²) in [6, 6.07) is 76.7. The molecule has 14 aromatic rings. The van der Waals surface area contributed by atoms with Gasteiger partial charge in [0.05, 0.1) is 34.9 Å². The van der Waals surface area contributed by atoms with Gasteiger partial charge >= 0.3 is 0 Å². The van der Waals surface area contributed by atoms with Gasteiger partial charge in [0, 0.05) is 35.1 Å². The standard InChI is InChI=1S/C86H78N8O4/c1-83(2,3)61-33-41-75-69(45-61)87-79(95-75)57-25-17-53(18-26-57)67-49-73(93(91-67)65-37-29-59(30-38-65)81-89-71-47-63(85(7,8)9)35-43-77(71)97-81)55-21-13-51(14-22-55)52-15-23-56(24-16-52)74-50-68(54-19-27-58(28-20-54)80-88-70-46-62(84(4,5)6)34-42-76(70)96-80)92-94(74)66-39-31-60(32-40-66)82-90-72-48-64(86(10,11)12)36-44-78(72)98-82/h13-48,73-74H,49-50H2,1-12H3. The molecule has 0 bridgehead atoms. The molecule has 0 saturated heterocycles. The highest BCUT2D eigenvalue weighted by molar-refractivity contribution is 6.04. The van der Waals surface area contributed by atoms with E-state index in [2.05, 4.69) is 287 Å². The normalized spacial score (nSPS) is 15.6. The highest BCUT2D eigenvalue weighted by atomic mass is 16.4. The second kappa shape index (κ2) is 23.4. The molecule has 0 radical (unpaired) electrons. The van der Waals surface area contributed by atoms with Crippen LogP contribution in [0.15, 0.2) is 246 Å². The lowest BCUT2D eigenvalue weighted by Gasteiger charge is -2.25. The molecular weight excluding hydrogens is 1210 g/mol. The lowest BCUT2D eigenvalue weighted by molar-refractivity contribution is 0.589. The largest absolute Gasteiger partial charge is 0.436 e. The Morgan fingerprint density at radius 1 is 0.276 bits per heavy atom. The number of hydrazone groups is 2. The third kappa shape index (κ3) is 11.9. The maximum absolute atomic E-state index is 6.34. The first-order valence-corrected chi connectivity index (χ1v) is 34.0. The third-order valence-electron chi connectivity index (χ3n) is 19.4. The van der Waals surface area contributed by atoms with Gasteiger partial charge in [0.15, 0.2) is 22.3 Å². The fourth-order valence-electron chi connectivity index (χ4n) is 13.4. The van der Waals surface area contributed by atoms with Crippen LogP contribution in [-0.2, 0) is 21.7 Å². The van der Waals surface area contributed by atoms with Crippen molar-refractivity contribution in [2.75, 3.05) is 10.0 Å². The van der Waals surface area contributed by atoms with Gasteiger partial charge < -0.3 is 17.7 Å². The van der Waals surface area contributed by atoms with E-state index in [-0.39, 0.29) is 33.7 Å². The van der Waals surface area contributed by atoms with Gasteiger partial charge in [0.2, 0.25) is 23.6 Å². The van der Waals surface area contributed by atoms with E-state index in [4.69, 9.17) is 47.8 Å². The predicted octanol–water partition coefficient (Wildman–Crippen LogP) is 22.5. The summed E-state index contributed by atoms with van der Waals surface area (Å²) in [4.78, 5) is 19.8. The zero-order chi connectivity index (χ0) is 67.6. The van der Waals surface area contributed by atoms with Crippen LogP contribution >= 0.6 is 0 Å². The van der Waals surface area contributed by atoms with Crippen molar-refractivity contribution in [2.45, 2.75) is 130 Å². The second-order valence-corrected chi connectivity index (χ2v) is 30.5. The Bertz CT molecular complexity index is 5070. The number of nitrogens with zero attached hydrogens (tertiary/aromatic N) is 8. The maximum Gasteiger partial charge on any atom is 0.227 e. The minimum absolute atomic E-state index is 0.00138. The predicted molar refractivity (Wildman–Crippen MR) is 397 cm³/mol. The van der Waals surface area contributed by atoms with Crippen molar-refractivity contribution >= 4 is 67.2 Å². The Balaban J connectivity index is 0.680. The molecule has 0 N–H and O–H groups in total. The molecule has 0 saturated carbocycles. The molecule has 0 aliphatic carbocycles. The Morgan fingerprint density at radius 3 is 0.765 bits per heavy atom. The van der Waals surface area contributed by atoms with Gasteiger partial charge in [0.25, 0.3) is 0 Å². The van der Waals surface area contributed by atoms with Gasteiger partial charge in [-0.15, -0.1) is 0 Å². The van der Waals surface area contributed by atoms with E-state index < -0.39 is 0 Å². The minimum atomic E-state index is -0.0885. The van der Waals surface area contributed by atoms with E-state index in [0.717, 1.165) is 123 Å². The molecule has 12 heteroatoms. The molecule has 98 heavy (non-hydrogen) atoms. The first kappa shape index (κ1) is 61.9. The summed E-state index contributed by atoms with van der Waals surface area (Å²) >= 11 is 0. The van der Waals surface area contributed by atoms with Crippen molar-refractivity contribution in [3.63, 3.8) is 0 Å². The zero-order valence-corrected chi connectivity index (χ0v) is 57.6. The molecule has 12 nitrogen and oxygen atoms in total. The van der Waals surface area contributed by atoms with Crippen molar-refractivity contribution in [2.24, 2.45) is 10.2 Å². The van der Waals surface area contributed by atoms with Gasteiger partial charge in [-0.2, -0.15) is 10.2 Å². The summed E-state index contributed by atoms with van der Waals surface area (Å²) < 4.78 is 25.3. The highest BCUT2D eigenvalue weighted by Crippen LogP contribution is 2.43. The quantitative estimate of drug-likeness (QED) is 0.123. The average Bonchev–Trinajstić information content (AvgIpc) is 1.62. The fraction of sp³-hybridized carbons (Fsp3) is 0.233. The summed E-state index contributed by atoms with van der Waals surface area (Å²) in [6.07, 6.45) is 1.38. The first-order valence-electron chi connectivity index (χ1n) is 34.0. The van der Waals surface area contributed by atoms with Crippen molar-refractivity contribution < 1.29 is 17.7 Å². The second-order valence-electron chi connectivity index (χ2n) is 30.5. The number of hydrogen-bond acceptors (Lipinski definition) is 12. The molecule has 16 rings (SSSR count). The van der Waals surface area contributed by atoms with E-state index in [0.29, 0.717) is 36.4 Å². The van der Waals surface area contributed by atoms with E-state index in [1.807, 2.05) is 24.3 Å². The van der Waals surface area contributed by atoms with Crippen molar-refractivity contribution in [1.82, 2.24) is 19.9 Å². The Kier molecular flexibility index (Phi) is 14.8. The van der Waals surface area contributed by atoms with Gasteiger partial charge in [-0.05, 0) is 199 Å². The Labute approximate surface area is 571 Å². The molecular formula is C86H78N8O4. The molecule has 0 spiro atoms. The molecule has 2 aliphatic rings. The maximum atomic E-state index is 6.34. The first-order chi connectivity index (χ1) is 46.9. The summed E-state index contributed by atoms with van der Waals surface area (Å²) in [6.45, 7) is 26.6. The molecule has 10 aromatic carbocycles. The monoisotopic (exact) mass is 1290 g/mol. The number of anilines is 2. The van der Waals surface area contributed by atoms with Crippen LogP contribution < -0.4 is 10.0 Å². The smallest absolute Gasteiger partial charge is 0.227 e. The lowest BCUT2D eigenvalue weighted by atomic mass is 9.87. The average molecular weight is 1290 g/mol. The summed E-state index contributed by atoms with van der Waals surface area (Å²) in [5.74, 6) is 2.36. The number of oxazole rings is 4. The molecule has 0 fully saturated rings. The van der Waals surface area contributed by atoms with Crippen LogP contribution in [0.2, 0.25) is 0 Å². The van der Waals surface area contributed by atoms with Crippen LogP contribution in [-0.4, -0.2) is 31.4 Å². The van der Waals surface area contributed by atoms with E-state index in [9.17, 15) is 0 Å². The molecule has 486 valence electrons. The SMILES string of the molecule is CC(C)(C)c1ccc2oc(-c3ccc(C4=NN(c5ccc(-c6nc7cc(C(C)(C)C)ccc7o6)cc5)C(c5ccc(-c6ccc(C7CC(c8ccc(-c9nc%10cc(C(C)(C)C)ccc%10o9)cc8)=NN7c7ccc(-c8nc9cc(C(C)(C)C)ccc9o8)cc7)cc6)cc5)C4)cc3)nc2c1. The lowest BCUT2D eigenvalue weighted by Crippen LogP contribution is -2.18. The van der Waals surface area contributed by atoms with Gasteiger partial charge in [-0.3, -0.25) is 10.0 Å². The molecule has 0 amide bonds. The number of hydrogen-bond donors (Lipinski definition) is 0. The van der Waals surface area contributed by atoms with E-state index in [1.165, 1.54) is 22.3 Å². The van der Waals surface area contributed by atoms with Gasteiger partial charge in [-0.25, -0.2) is 19.9 Å². The van der Waals surface area contributed by atoms with Crippen molar-refractivity contribution in [3.8, 4) is 56.9 Å². The number of aromatic nitrogens is 4. The van der Waals surface area contributed by atoms with Crippen LogP contribution in [0.5, 0.6) is 0 Å². The van der Waals surface area contributed by atoms with Crippen LogP contribution in [0.25, 0.3) is 101 Å². The summed E-state index contributed by atoms with van der Waals surface area (Å²) in [5.41, 5.74) is 25.5. The van der Waals surface area contributed by atoms with Crippen LogP contribution in [0.4, 0.5) is 11.4 Å². The van der Waals surface area contributed by atoms with Crippen LogP contribution in [0.3, 0.4) is 0 Å². The summed E-state index contributed by atoms with van der Waals surface area (Å²) in [5, 5.41) is 15.2. The molecule has 6 heterocycles. The van der Waals surface area contributed by atoms with E-state index >= 15 is 0 Å². The molecule has 2 unspecified atom stereocenters. The fourth-order valence-corrected chi connectivity index (χ4v) is 13.4. The topological polar surface area (TPSA) is 135 Å².